The number of rotatable bonds is 7. The highest BCUT2D eigenvalue weighted by atomic mass is 16.4. The van der Waals surface area contributed by atoms with Crippen LogP contribution in [0.1, 0.15) is 25.7 Å². The summed E-state index contributed by atoms with van der Waals surface area (Å²) in [5.41, 5.74) is 5.00. The van der Waals surface area contributed by atoms with Crippen molar-refractivity contribution in [2.75, 3.05) is 26.7 Å². The largest absolute Gasteiger partial charge is 0.480 e. The molecule has 0 saturated carbocycles. The molecule has 1 aliphatic rings. The number of carbonyl (C=O) groups is 3. The molecule has 2 atom stereocenters. The second-order valence-electron chi connectivity index (χ2n) is 5.36. The number of nitrogens with one attached hydrogen (secondary N) is 2. The number of nitrogens with two attached hydrogens (primary N) is 1. The van der Waals surface area contributed by atoms with Crippen LogP contribution in [0.15, 0.2) is 0 Å². The Hall–Kier alpha value is -1.83. The van der Waals surface area contributed by atoms with E-state index in [4.69, 9.17) is 10.8 Å². The summed E-state index contributed by atoms with van der Waals surface area (Å²) in [5, 5.41) is 14.6. The maximum atomic E-state index is 12.1. The van der Waals surface area contributed by atoms with Gasteiger partial charge in [-0.05, 0) is 38.8 Å². The number of urea groups is 1. The molecule has 0 spiro atoms. The molecule has 3 amide bonds. The number of likely N-dealkylation sites (tertiary alicyclic amines) is 1. The molecular weight excluding hydrogens is 276 g/mol. The molecular formula is C13H24N4O4. The number of carboxylic acids is 1. The number of nitrogens with zero attached hydrogens (tertiary/aromatic N) is 1. The maximum Gasteiger partial charge on any atom is 0.326 e. The van der Waals surface area contributed by atoms with Crippen molar-refractivity contribution in [1.29, 1.82) is 0 Å². The molecule has 1 fully saturated rings. The first-order chi connectivity index (χ1) is 9.93. The molecule has 0 radical (unpaired) electrons. The van der Waals surface area contributed by atoms with Gasteiger partial charge in [0, 0.05) is 19.5 Å². The van der Waals surface area contributed by atoms with E-state index in [1.165, 1.54) is 0 Å². The lowest BCUT2D eigenvalue weighted by Gasteiger charge is -2.33. The fourth-order valence-electron chi connectivity index (χ4n) is 2.49. The van der Waals surface area contributed by atoms with E-state index < -0.39 is 23.9 Å². The normalized spacial score (nSPS) is 19.9. The van der Waals surface area contributed by atoms with Crippen LogP contribution in [0.25, 0.3) is 0 Å². The van der Waals surface area contributed by atoms with E-state index in [-0.39, 0.29) is 12.8 Å². The lowest BCUT2D eigenvalue weighted by molar-refractivity contribution is -0.139. The Kier molecular flexibility index (Phi) is 6.93. The van der Waals surface area contributed by atoms with Crippen LogP contribution in [0.4, 0.5) is 4.79 Å². The number of primary amides is 1. The minimum Gasteiger partial charge on any atom is -0.480 e. The van der Waals surface area contributed by atoms with Crippen molar-refractivity contribution in [3.8, 4) is 0 Å². The van der Waals surface area contributed by atoms with Gasteiger partial charge in [0.15, 0.2) is 0 Å². The van der Waals surface area contributed by atoms with E-state index in [9.17, 15) is 14.4 Å². The molecule has 5 N–H and O–H groups in total. The molecule has 1 rings (SSSR count). The minimum absolute atomic E-state index is 0.00416. The average molecular weight is 300 g/mol. The Balaban J connectivity index is 2.52. The summed E-state index contributed by atoms with van der Waals surface area (Å²) in [6.07, 6.45) is 1.89. The van der Waals surface area contributed by atoms with Gasteiger partial charge in [-0.25, -0.2) is 9.59 Å². The SMILES string of the molecule is CNCC1CCCN(C(=O)N[C@H](CCC(N)=O)C(=O)O)C1. The first-order valence-electron chi connectivity index (χ1n) is 7.15. The molecule has 1 aliphatic heterocycles. The summed E-state index contributed by atoms with van der Waals surface area (Å²) in [6.45, 7) is 2.05. The van der Waals surface area contributed by atoms with Crippen LogP contribution in [0.3, 0.4) is 0 Å². The monoisotopic (exact) mass is 300 g/mol. The van der Waals surface area contributed by atoms with Crippen molar-refractivity contribution in [3.05, 3.63) is 0 Å². The molecule has 1 unspecified atom stereocenters. The van der Waals surface area contributed by atoms with Crippen molar-refractivity contribution >= 4 is 17.9 Å². The van der Waals surface area contributed by atoms with Gasteiger partial charge in [0.1, 0.15) is 6.04 Å². The van der Waals surface area contributed by atoms with E-state index in [0.717, 1.165) is 19.4 Å². The van der Waals surface area contributed by atoms with Gasteiger partial charge in [-0.3, -0.25) is 4.79 Å². The molecule has 8 heteroatoms. The highest BCUT2D eigenvalue weighted by Crippen LogP contribution is 2.16. The smallest absolute Gasteiger partial charge is 0.326 e. The number of hydrogen-bond donors (Lipinski definition) is 4. The first kappa shape index (κ1) is 17.2. The summed E-state index contributed by atoms with van der Waals surface area (Å²) in [5.74, 6) is -1.36. The lowest BCUT2D eigenvalue weighted by Crippen LogP contribution is -2.51. The molecule has 120 valence electrons. The van der Waals surface area contributed by atoms with E-state index in [1.807, 2.05) is 7.05 Å². The summed E-state index contributed by atoms with van der Waals surface area (Å²) >= 11 is 0. The summed E-state index contributed by atoms with van der Waals surface area (Å²) < 4.78 is 0. The third-order valence-electron chi connectivity index (χ3n) is 3.57. The zero-order chi connectivity index (χ0) is 15.8. The molecule has 21 heavy (non-hydrogen) atoms. The fraction of sp³-hybridized carbons (Fsp3) is 0.769. The molecule has 0 aliphatic carbocycles. The summed E-state index contributed by atoms with van der Waals surface area (Å²) in [6, 6.07) is -1.48. The number of carboxylic acid groups (broad SMARTS) is 1. The van der Waals surface area contributed by atoms with Crippen LogP contribution in [0.5, 0.6) is 0 Å². The van der Waals surface area contributed by atoms with Crippen LogP contribution in [-0.2, 0) is 9.59 Å². The Morgan fingerprint density at radius 3 is 2.71 bits per heavy atom. The number of carbonyl (C=O) groups excluding carboxylic acids is 2. The number of amides is 3. The van der Waals surface area contributed by atoms with Gasteiger partial charge in [-0.1, -0.05) is 0 Å². The van der Waals surface area contributed by atoms with E-state index in [1.54, 1.807) is 4.90 Å². The van der Waals surface area contributed by atoms with Gasteiger partial charge in [-0.15, -0.1) is 0 Å². The van der Waals surface area contributed by atoms with Gasteiger partial charge in [0.05, 0.1) is 0 Å². The maximum absolute atomic E-state index is 12.1. The van der Waals surface area contributed by atoms with Gasteiger partial charge >= 0.3 is 12.0 Å². The van der Waals surface area contributed by atoms with E-state index >= 15 is 0 Å². The fourth-order valence-corrected chi connectivity index (χ4v) is 2.49. The molecule has 0 aromatic rings. The quantitative estimate of drug-likeness (QED) is 0.497. The van der Waals surface area contributed by atoms with Gasteiger partial charge in [0.2, 0.25) is 5.91 Å². The second kappa shape index (κ2) is 8.46. The van der Waals surface area contributed by atoms with Crippen molar-refractivity contribution < 1.29 is 19.5 Å². The Bertz CT molecular complexity index is 386. The third-order valence-corrected chi connectivity index (χ3v) is 3.57. The molecule has 1 heterocycles. The van der Waals surface area contributed by atoms with Crippen LogP contribution in [0, 0.1) is 5.92 Å². The molecule has 0 aromatic heterocycles. The van der Waals surface area contributed by atoms with Gasteiger partial charge in [-0.2, -0.15) is 0 Å². The molecule has 8 nitrogen and oxygen atoms in total. The Morgan fingerprint density at radius 1 is 1.43 bits per heavy atom. The summed E-state index contributed by atoms with van der Waals surface area (Å²) in [7, 11) is 1.86. The van der Waals surface area contributed by atoms with Gasteiger partial charge in [0.25, 0.3) is 0 Å². The van der Waals surface area contributed by atoms with E-state index in [2.05, 4.69) is 10.6 Å². The highest BCUT2D eigenvalue weighted by Gasteiger charge is 2.27. The van der Waals surface area contributed by atoms with Crippen LogP contribution in [-0.4, -0.2) is 60.6 Å². The van der Waals surface area contributed by atoms with Crippen molar-refractivity contribution in [3.63, 3.8) is 0 Å². The lowest BCUT2D eigenvalue weighted by atomic mass is 9.98. The van der Waals surface area contributed by atoms with Crippen LogP contribution in [0.2, 0.25) is 0 Å². The average Bonchev–Trinajstić information content (AvgIpc) is 2.43. The Labute approximate surface area is 124 Å². The van der Waals surface area contributed by atoms with Crippen LogP contribution >= 0.6 is 0 Å². The molecule has 1 saturated heterocycles. The van der Waals surface area contributed by atoms with Crippen molar-refractivity contribution in [1.82, 2.24) is 15.5 Å². The third kappa shape index (κ3) is 5.99. The van der Waals surface area contributed by atoms with Gasteiger partial charge < -0.3 is 26.4 Å². The minimum atomic E-state index is -1.16. The number of hydrogen-bond acceptors (Lipinski definition) is 4. The zero-order valence-corrected chi connectivity index (χ0v) is 12.3. The standard InChI is InChI=1S/C13H24N4O4/c1-15-7-9-3-2-6-17(8-9)13(21)16-10(12(19)20)4-5-11(14)18/h9-10,15H,2-8H2,1H3,(H2,14,18)(H,16,21)(H,19,20)/t9?,10-/m1/s1. The predicted molar refractivity (Wildman–Crippen MR) is 76.6 cm³/mol. The second-order valence-corrected chi connectivity index (χ2v) is 5.36. The molecule has 0 bridgehead atoms. The Morgan fingerprint density at radius 2 is 2.14 bits per heavy atom. The highest BCUT2D eigenvalue weighted by molar-refractivity contribution is 5.83. The van der Waals surface area contributed by atoms with Crippen molar-refractivity contribution in [2.45, 2.75) is 31.7 Å². The first-order valence-corrected chi connectivity index (χ1v) is 7.15. The zero-order valence-electron chi connectivity index (χ0n) is 12.3. The number of piperidine rings is 1. The number of aliphatic carboxylic acids is 1. The summed E-state index contributed by atoms with van der Waals surface area (Å²) in [4.78, 5) is 35.6. The van der Waals surface area contributed by atoms with Crippen LogP contribution < -0.4 is 16.4 Å². The molecule has 0 aromatic carbocycles. The van der Waals surface area contributed by atoms with Crippen molar-refractivity contribution in [2.24, 2.45) is 11.7 Å². The predicted octanol–water partition coefficient (Wildman–Crippen LogP) is -0.654. The topological polar surface area (TPSA) is 125 Å². The van der Waals surface area contributed by atoms with E-state index in [0.29, 0.717) is 19.0 Å².